The van der Waals surface area contributed by atoms with Crippen molar-refractivity contribution in [2.45, 2.75) is 51.1 Å². The molecule has 1 aliphatic heterocycles. The summed E-state index contributed by atoms with van der Waals surface area (Å²) in [6.07, 6.45) is 7.78. The number of halogens is 2. The van der Waals surface area contributed by atoms with Crippen molar-refractivity contribution in [1.29, 1.82) is 0 Å². The second kappa shape index (κ2) is 8.67. The summed E-state index contributed by atoms with van der Waals surface area (Å²) in [5.41, 5.74) is 0.643. The molecule has 0 radical (unpaired) electrons. The molecule has 6 nitrogen and oxygen atoms in total. The fourth-order valence-electron chi connectivity index (χ4n) is 7.41. The first-order chi connectivity index (χ1) is 15.4. The molecule has 1 aromatic heterocycles. The van der Waals surface area contributed by atoms with Crippen LogP contribution in [-0.4, -0.2) is 52.7 Å². The average molecular weight is 508 g/mol. The lowest BCUT2D eigenvalue weighted by atomic mass is 9.78. The molecule has 4 aliphatic rings. The van der Waals surface area contributed by atoms with Crippen LogP contribution in [0, 0.1) is 35.0 Å². The summed E-state index contributed by atoms with van der Waals surface area (Å²) in [5, 5.41) is 13.0. The van der Waals surface area contributed by atoms with Crippen molar-refractivity contribution in [2.75, 3.05) is 25.0 Å². The van der Waals surface area contributed by atoms with Crippen LogP contribution in [0.1, 0.15) is 44.9 Å². The second-order valence-electron chi connectivity index (χ2n) is 10.2. The molecule has 2 heterocycles. The van der Waals surface area contributed by atoms with E-state index in [9.17, 15) is 19.1 Å². The largest absolute Gasteiger partial charge is 0.481 e. The van der Waals surface area contributed by atoms with E-state index in [1.165, 1.54) is 0 Å². The highest BCUT2D eigenvalue weighted by Crippen LogP contribution is 2.78. The first kappa shape index (κ1) is 22.3. The van der Waals surface area contributed by atoms with E-state index >= 15 is 0 Å². The molecule has 1 spiro atoms. The van der Waals surface area contributed by atoms with E-state index in [1.54, 1.807) is 18.3 Å². The summed E-state index contributed by atoms with van der Waals surface area (Å²) < 4.78 is 14.0. The van der Waals surface area contributed by atoms with Crippen LogP contribution in [0.4, 0.5) is 10.1 Å². The summed E-state index contributed by atoms with van der Waals surface area (Å²) in [7, 11) is 0. The first-order valence-corrected chi connectivity index (χ1v) is 12.7. The molecule has 5 rings (SSSR count). The van der Waals surface area contributed by atoms with Gasteiger partial charge in [0.25, 0.3) is 0 Å². The predicted molar refractivity (Wildman–Crippen MR) is 122 cm³/mol. The number of aliphatic carboxylic acids is 1. The van der Waals surface area contributed by atoms with E-state index in [4.69, 9.17) is 0 Å². The Labute approximate surface area is 196 Å². The van der Waals surface area contributed by atoms with E-state index < -0.39 is 24.0 Å². The zero-order valence-electron chi connectivity index (χ0n) is 18.2. The van der Waals surface area contributed by atoms with E-state index in [-0.39, 0.29) is 23.2 Å². The minimum absolute atomic E-state index is 0.0424. The zero-order valence-corrected chi connectivity index (χ0v) is 19.8. The van der Waals surface area contributed by atoms with Gasteiger partial charge in [-0.1, -0.05) is 6.42 Å². The van der Waals surface area contributed by atoms with Gasteiger partial charge in [0.1, 0.15) is 10.8 Å². The van der Waals surface area contributed by atoms with Crippen molar-refractivity contribution in [3.8, 4) is 0 Å². The van der Waals surface area contributed by atoms with Crippen LogP contribution in [0.15, 0.2) is 22.9 Å². The molecule has 3 saturated carbocycles. The number of carbonyl (C=O) groups is 2. The molecule has 7 atom stereocenters. The fraction of sp³-hybridized carbons (Fsp3) is 0.708. The molecule has 32 heavy (non-hydrogen) atoms. The Bertz CT molecular complexity index is 884. The summed E-state index contributed by atoms with van der Waals surface area (Å²) in [4.78, 5) is 31.8. The van der Waals surface area contributed by atoms with E-state index in [0.717, 1.165) is 51.6 Å². The number of aromatic nitrogens is 1. The first-order valence-electron chi connectivity index (χ1n) is 11.9. The third kappa shape index (κ3) is 3.87. The highest BCUT2D eigenvalue weighted by atomic mass is 79.9. The number of hydrogen-bond donors (Lipinski definition) is 2. The minimum Gasteiger partial charge on any atom is -0.481 e. The van der Waals surface area contributed by atoms with Gasteiger partial charge in [-0.3, -0.25) is 9.59 Å². The number of rotatable bonds is 8. The molecule has 1 aromatic rings. The van der Waals surface area contributed by atoms with E-state index in [1.807, 2.05) is 0 Å². The Morgan fingerprint density at radius 2 is 2.00 bits per heavy atom. The number of carbonyl (C=O) groups excluding carboxylic acids is 1. The predicted octanol–water partition coefficient (Wildman–Crippen LogP) is 4.36. The van der Waals surface area contributed by atoms with Gasteiger partial charge in [0.15, 0.2) is 0 Å². The van der Waals surface area contributed by atoms with Crippen LogP contribution in [0.25, 0.3) is 0 Å². The lowest BCUT2D eigenvalue weighted by Crippen LogP contribution is -2.37. The van der Waals surface area contributed by atoms with Gasteiger partial charge >= 0.3 is 5.97 Å². The number of likely N-dealkylation sites (tertiary alicyclic amines) is 1. The molecule has 0 aromatic carbocycles. The molecule has 2 bridgehead atoms. The van der Waals surface area contributed by atoms with Crippen LogP contribution in [0.2, 0.25) is 0 Å². The van der Waals surface area contributed by atoms with Gasteiger partial charge < -0.3 is 15.3 Å². The highest BCUT2D eigenvalue weighted by Gasteiger charge is 2.75. The normalized spacial score (nSPS) is 37.8. The Hall–Kier alpha value is -1.54. The molecule has 8 heteroatoms. The van der Waals surface area contributed by atoms with Gasteiger partial charge in [-0.25, -0.2) is 9.37 Å². The summed E-state index contributed by atoms with van der Waals surface area (Å²) in [6, 6.07) is 3.54. The summed E-state index contributed by atoms with van der Waals surface area (Å²) in [6.45, 7) is 2.39. The Morgan fingerprint density at radius 1 is 1.22 bits per heavy atom. The van der Waals surface area contributed by atoms with E-state index in [0.29, 0.717) is 29.2 Å². The monoisotopic (exact) mass is 507 g/mol. The number of anilines is 1. The molecule has 174 valence electrons. The molecule has 3 aliphatic carbocycles. The molecule has 1 amide bonds. The molecular formula is C24H31BrFN3O3. The van der Waals surface area contributed by atoms with Crippen molar-refractivity contribution in [3.05, 3.63) is 22.9 Å². The SMILES string of the molecule is O=C(O)[C@H]1[C@H](C(=O)Nc2ccc(Br)nc2)[C@@H]2CC[C@H]1[C@]21CC1CCCCN1CCC(F)C1. The maximum absolute atomic E-state index is 13.3. The van der Waals surface area contributed by atoms with Crippen molar-refractivity contribution in [2.24, 2.45) is 35.0 Å². The lowest BCUT2D eigenvalue weighted by molar-refractivity contribution is -0.148. The third-order valence-corrected chi connectivity index (χ3v) is 9.17. The maximum atomic E-state index is 13.3. The maximum Gasteiger partial charge on any atom is 0.307 e. The molecule has 2 unspecified atom stereocenters. The van der Waals surface area contributed by atoms with Crippen molar-refractivity contribution in [3.63, 3.8) is 0 Å². The minimum atomic E-state index is -0.828. The van der Waals surface area contributed by atoms with Gasteiger partial charge in [0, 0.05) is 13.1 Å². The standard InChI is InChI=1S/C24H31BrFN3O3/c25-19-7-4-16(12-27-19)28-22(30)20-17-5-6-18(21(20)23(31)32)24(17)11-14(24)3-1-2-9-29-10-8-15(26)13-29/h4,7,12,14-15,17-18,20-21H,1-3,5-6,8-11,13H2,(H,28,30)(H,31,32)/t14?,15?,17-,18+,20+,21+,24-/m0/s1. The number of nitrogens with zero attached hydrogens (tertiary/aromatic N) is 2. The van der Waals surface area contributed by atoms with Gasteiger partial charge in [-0.15, -0.1) is 0 Å². The number of carboxylic acids is 1. The number of amides is 1. The highest BCUT2D eigenvalue weighted by molar-refractivity contribution is 9.10. The quantitative estimate of drug-likeness (QED) is 0.403. The Balaban J connectivity index is 1.21. The second-order valence-corrected chi connectivity index (χ2v) is 11.0. The van der Waals surface area contributed by atoms with Crippen LogP contribution in [0.5, 0.6) is 0 Å². The number of nitrogens with one attached hydrogen (secondary N) is 1. The van der Waals surface area contributed by atoms with Crippen LogP contribution in [0.3, 0.4) is 0 Å². The molecule has 4 fully saturated rings. The van der Waals surface area contributed by atoms with Crippen LogP contribution >= 0.6 is 15.9 Å². The zero-order chi connectivity index (χ0) is 22.5. The van der Waals surface area contributed by atoms with E-state index in [2.05, 4.69) is 31.1 Å². The van der Waals surface area contributed by atoms with Crippen LogP contribution in [-0.2, 0) is 9.59 Å². The Kier molecular flexibility index (Phi) is 6.03. The Morgan fingerprint density at radius 3 is 2.66 bits per heavy atom. The number of pyridine rings is 1. The van der Waals surface area contributed by atoms with Gasteiger partial charge in [0.2, 0.25) is 5.91 Å². The number of unbranched alkanes of at least 4 members (excludes halogenated alkanes) is 1. The van der Waals surface area contributed by atoms with Crippen molar-refractivity contribution in [1.82, 2.24) is 9.88 Å². The van der Waals surface area contributed by atoms with Gasteiger partial charge in [0.05, 0.1) is 23.7 Å². The number of hydrogen-bond acceptors (Lipinski definition) is 4. The molecule has 2 N–H and O–H groups in total. The van der Waals surface area contributed by atoms with Crippen LogP contribution < -0.4 is 5.32 Å². The molecule has 1 saturated heterocycles. The van der Waals surface area contributed by atoms with Crippen molar-refractivity contribution < 1.29 is 19.1 Å². The average Bonchev–Trinajstić information content (AvgIpc) is 2.99. The smallest absolute Gasteiger partial charge is 0.307 e. The topological polar surface area (TPSA) is 82.5 Å². The molecular weight excluding hydrogens is 477 g/mol. The van der Waals surface area contributed by atoms with Gasteiger partial charge in [-0.05, 0) is 96.3 Å². The summed E-state index contributed by atoms with van der Waals surface area (Å²) >= 11 is 3.29. The van der Waals surface area contributed by atoms with Crippen molar-refractivity contribution >= 4 is 33.5 Å². The summed E-state index contributed by atoms with van der Waals surface area (Å²) in [5.74, 6) is -1.26. The number of alkyl halides is 1. The van der Waals surface area contributed by atoms with Gasteiger partial charge in [-0.2, -0.15) is 0 Å². The third-order valence-electron chi connectivity index (χ3n) is 8.70. The number of carboxylic acid groups (broad SMARTS) is 1. The fourth-order valence-corrected chi connectivity index (χ4v) is 7.64. The lowest BCUT2D eigenvalue weighted by Gasteiger charge is -2.26.